The lowest BCUT2D eigenvalue weighted by atomic mass is 9.81. The van der Waals surface area contributed by atoms with E-state index in [2.05, 4.69) is 25.1 Å². The number of rotatable bonds is 2. The number of aryl methyl sites for hydroxylation is 1. The van der Waals surface area contributed by atoms with Crippen LogP contribution in [0, 0.1) is 6.92 Å². The maximum atomic E-state index is 12.9. The van der Waals surface area contributed by atoms with Crippen molar-refractivity contribution in [2.45, 2.75) is 42.4 Å². The molecule has 0 aliphatic heterocycles. The molecule has 4 unspecified atom stereocenters. The summed E-state index contributed by atoms with van der Waals surface area (Å²) in [5.74, 6) is 0.403. The first-order valence-electron chi connectivity index (χ1n) is 7.39. The molecule has 2 N–H and O–H groups in total. The summed E-state index contributed by atoms with van der Waals surface area (Å²) in [5, 5.41) is -0.0169. The first-order chi connectivity index (χ1) is 10.1. The first kappa shape index (κ1) is 14.5. The molecule has 110 valence electrons. The Morgan fingerprint density at radius 2 is 1.81 bits per heavy atom. The molecule has 3 rings (SSSR count). The average Bonchev–Trinajstić information content (AvgIpc) is 2.50. The van der Waals surface area contributed by atoms with Gasteiger partial charge >= 0.3 is 0 Å². The zero-order valence-electron chi connectivity index (χ0n) is 12.5. The minimum atomic E-state index is -1.06. The standard InChI is InChI=1S/C18H21NOS/c1-12-6-5-7-14(10-12)21(20)17-11-13(2)15-8-3-4-9-16(15)18(17)19/h3-10,13,17-18H,11,19H2,1-2H3. The highest BCUT2D eigenvalue weighted by molar-refractivity contribution is 7.85. The lowest BCUT2D eigenvalue weighted by molar-refractivity contribution is 0.513. The number of fused-ring (bicyclic) bond motifs is 1. The van der Waals surface area contributed by atoms with Crippen LogP contribution in [0.5, 0.6) is 0 Å². The van der Waals surface area contributed by atoms with Gasteiger partial charge in [-0.05, 0) is 48.1 Å². The molecule has 0 fully saturated rings. The summed E-state index contributed by atoms with van der Waals surface area (Å²) in [4.78, 5) is 0.891. The molecule has 2 aromatic rings. The van der Waals surface area contributed by atoms with Gasteiger partial charge in [0.25, 0.3) is 0 Å². The lowest BCUT2D eigenvalue weighted by Crippen LogP contribution is -2.36. The molecule has 21 heavy (non-hydrogen) atoms. The van der Waals surface area contributed by atoms with E-state index >= 15 is 0 Å². The third kappa shape index (κ3) is 2.68. The molecule has 0 aromatic heterocycles. The third-order valence-electron chi connectivity index (χ3n) is 4.37. The monoisotopic (exact) mass is 299 g/mol. The molecule has 0 heterocycles. The van der Waals surface area contributed by atoms with E-state index in [1.807, 2.05) is 37.3 Å². The zero-order chi connectivity index (χ0) is 15.0. The molecule has 0 amide bonds. The van der Waals surface area contributed by atoms with Crippen LogP contribution >= 0.6 is 0 Å². The molecule has 4 atom stereocenters. The van der Waals surface area contributed by atoms with Gasteiger partial charge in [-0.15, -0.1) is 0 Å². The minimum absolute atomic E-state index is 0.0169. The van der Waals surface area contributed by atoms with E-state index in [0.717, 1.165) is 22.4 Å². The van der Waals surface area contributed by atoms with Gasteiger partial charge in [-0.25, -0.2) is 0 Å². The number of hydrogen-bond acceptors (Lipinski definition) is 2. The van der Waals surface area contributed by atoms with Gasteiger partial charge in [0, 0.05) is 10.9 Å². The Labute approximate surface area is 128 Å². The van der Waals surface area contributed by atoms with Gasteiger partial charge in [-0.3, -0.25) is 4.21 Å². The van der Waals surface area contributed by atoms with E-state index in [4.69, 9.17) is 5.73 Å². The summed E-state index contributed by atoms with van der Waals surface area (Å²) < 4.78 is 12.9. The Hall–Kier alpha value is -1.45. The number of nitrogens with two attached hydrogens (primary N) is 1. The minimum Gasteiger partial charge on any atom is -0.323 e. The maximum Gasteiger partial charge on any atom is 0.0593 e. The lowest BCUT2D eigenvalue weighted by Gasteiger charge is -2.34. The second-order valence-electron chi connectivity index (χ2n) is 5.94. The van der Waals surface area contributed by atoms with E-state index < -0.39 is 10.8 Å². The quantitative estimate of drug-likeness (QED) is 0.919. The van der Waals surface area contributed by atoms with E-state index in [1.165, 1.54) is 5.56 Å². The van der Waals surface area contributed by atoms with Crippen LogP contribution in [0.4, 0.5) is 0 Å². The van der Waals surface area contributed by atoms with Crippen molar-refractivity contribution >= 4 is 10.8 Å². The molecular formula is C18H21NOS. The smallest absolute Gasteiger partial charge is 0.0593 e. The van der Waals surface area contributed by atoms with Gasteiger partial charge in [0.05, 0.1) is 16.0 Å². The molecule has 2 aromatic carbocycles. The molecule has 0 saturated heterocycles. The normalized spacial score (nSPS) is 26.1. The Morgan fingerprint density at radius 3 is 2.52 bits per heavy atom. The largest absolute Gasteiger partial charge is 0.323 e. The highest BCUT2D eigenvalue weighted by Gasteiger charge is 2.34. The molecule has 3 heteroatoms. The summed E-state index contributed by atoms with van der Waals surface area (Å²) >= 11 is 0. The predicted octanol–water partition coefficient (Wildman–Crippen LogP) is 3.68. The number of hydrogen-bond donors (Lipinski definition) is 1. The molecule has 2 nitrogen and oxygen atoms in total. The molecule has 0 radical (unpaired) electrons. The van der Waals surface area contributed by atoms with E-state index in [1.54, 1.807) is 0 Å². The fourth-order valence-corrected chi connectivity index (χ4v) is 4.96. The third-order valence-corrected chi connectivity index (χ3v) is 6.12. The van der Waals surface area contributed by atoms with Crippen molar-refractivity contribution in [3.05, 3.63) is 65.2 Å². The number of benzene rings is 2. The highest BCUT2D eigenvalue weighted by Crippen LogP contribution is 2.39. The summed E-state index contributed by atoms with van der Waals surface area (Å²) in [6.07, 6.45) is 0.874. The van der Waals surface area contributed by atoms with Crippen LogP contribution in [-0.4, -0.2) is 9.46 Å². The van der Waals surface area contributed by atoms with E-state index in [9.17, 15) is 4.21 Å². The Kier molecular flexibility index (Phi) is 3.96. The van der Waals surface area contributed by atoms with Crippen LogP contribution in [0.25, 0.3) is 0 Å². The van der Waals surface area contributed by atoms with Crippen molar-refractivity contribution in [1.29, 1.82) is 0 Å². The van der Waals surface area contributed by atoms with Crippen LogP contribution < -0.4 is 5.73 Å². The second kappa shape index (κ2) is 5.74. The van der Waals surface area contributed by atoms with Gasteiger partial charge < -0.3 is 5.73 Å². The zero-order valence-corrected chi connectivity index (χ0v) is 13.3. The first-order valence-corrected chi connectivity index (χ1v) is 8.61. The molecule has 0 spiro atoms. The summed E-state index contributed by atoms with van der Waals surface area (Å²) in [6.45, 7) is 4.23. The predicted molar refractivity (Wildman–Crippen MR) is 87.8 cm³/mol. The molecule has 1 aliphatic rings. The van der Waals surface area contributed by atoms with Crippen LogP contribution in [0.2, 0.25) is 0 Å². The molecular weight excluding hydrogens is 278 g/mol. The summed E-state index contributed by atoms with van der Waals surface area (Å²) in [6, 6.07) is 16.1. The van der Waals surface area contributed by atoms with Crippen LogP contribution in [0.3, 0.4) is 0 Å². The fraction of sp³-hybridized carbons (Fsp3) is 0.333. The van der Waals surface area contributed by atoms with Gasteiger partial charge in [0.2, 0.25) is 0 Å². The molecule has 0 saturated carbocycles. The van der Waals surface area contributed by atoms with E-state index in [-0.39, 0.29) is 11.3 Å². The summed E-state index contributed by atoms with van der Waals surface area (Å²) in [5.41, 5.74) is 10.0. The van der Waals surface area contributed by atoms with Crippen molar-refractivity contribution in [3.8, 4) is 0 Å². The van der Waals surface area contributed by atoms with Crippen molar-refractivity contribution in [1.82, 2.24) is 0 Å². The average molecular weight is 299 g/mol. The molecule has 0 bridgehead atoms. The highest BCUT2D eigenvalue weighted by atomic mass is 32.2. The Morgan fingerprint density at radius 1 is 1.10 bits per heavy atom. The Bertz CT molecular complexity index is 682. The SMILES string of the molecule is Cc1cccc(S(=O)C2CC(C)c3ccccc3C2N)c1. The second-order valence-corrected chi connectivity index (χ2v) is 7.62. The van der Waals surface area contributed by atoms with Gasteiger partial charge in [-0.1, -0.05) is 43.3 Å². The Balaban J connectivity index is 1.96. The van der Waals surface area contributed by atoms with E-state index in [0.29, 0.717) is 5.92 Å². The maximum absolute atomic E-state index is 12.9. The summed E-state index contributed by atoms with van der Waals surface area (Å²) in [7, 11) is -1.06. The van der Waals surface area contributed by atoms with Gasteiger partial charge in [-0.2, -0.15) is 0 Å². The van der Waals surface area contributed by atoms with Crippen LogP contribution in [-0.2, 0) is 10.8 Å². The van der Waals surface area contributed by atoms with Gasteiger partial charge in [0.15, 0.2) is 0 Å². The van der Waals surface area contributed by atoms with Crippen molar-refractivity contribution < 1.29 is 4.21 Å². The molecule has 1 aliphatic carbocycles. The fourth-order valence-electron chi connectivity index (χ4n) is 3.22. The van der Waals surface area contributed by atoms with Crippen LogP contribution in [0.1, 0.15) is 42.0 Å². The topological polar surface area (TPSA) is 43.1 Å². The van der Waals surface area contributed by atoms with Crippen molar-refractivity contribution in [3.63, 3.8) is 0 Å². The van der Waals surface area contributed by atoms with Gasteiger partial charge in [0.1, 0.15) is 0 Å². The van der Waals surface area contributed by atoms with Crippen molar-refractivity contribution in [2.24, 2.45) is 5.73 Å². The van der Waals surface area contributed by atoms with Crippen molar-refractivity contribution in [2.75, 3.05) is 0 Å². The van der Waals surface area contributed by atoms with Crippen LogP contribution in [0.15, 0.2) is 53.4 Å².